The zero-order valence-corrected chi connectivity index (χ0v) is 26.6. The first-order chi connectivity index (χ1) is 21.6. The van der Waals surface area contributed by atoms with Crippen LogP contribution in [-0.2, 0) is 32.2 Å². The first-order valence-electron chi connectivity index (χ1n) is 15.8. The van der Waals surface area contributed by atoms with Gasteiger partial charge in [0, 0.05) is 30.3 Å². The summed E-state index contributed by atoms with van der Waals surface area (Å²) in [5, 5.41) is 15.4. The minimum absolute atomic E-state index is 0.0323. The van der Waals surface area contributed by atoms with Crippen molar-refractivity contribution in [1.82, 2.24) is 10.2 Å². The summed E-state index contributed by atoms with van der Waals surface area (Å²) < 4.78 is 19.0. The maximum Gasteiger partial charge on any atom is 0.323 e. The van der Waals surface area contributed by atoms with Crippen LogP contribution in [-0.4, -0.2) is 52.8 Å². The molecule has 0 spiro atoms. The summed E-state index contributed by atoms with van der Waals surface area (Å²) in [7, 11) is 0. The Kier molecular flexibility index (Phi) is 10.6. The number of ether oxygens (including phenoxy) is 3. The van der Waals surface area contributed by atoms with E-state index < -0.39 is 11.9 Å². The van der Waals surface area contributed by atoms with Gasteiger partial charge in [0.05, 0.1) is 18.8 Å². The van der Waals surface area contributed by atoms with E-state index in [-0.39, 0.29) is 42.8 Å². The van der Waals surface area contributed by atoms with Gasteiger partial charge in [0.15, 0.2) is 6.29 Å². The molecule has 0 saturated carbocycles. The summed E-state index contributed by atoms with van der Waals surface area (Å²) in [6, 6.07) is 24.4. The van der Waals surface area contributed by atoms with Gasteiger partial charge in [-0.2, -0.15) is 0 Å². The van der Waals surface area contributed by atoms with Crippen molar-refractivity contribution in [2.75, 3.05) is 18.4 Å². The Morgan fingerprint density at radius 1 is 0.956 bits per heavy atom. The molecule has 0 aromatic heterocycles. The zero-order valence-electron chi connectivity index (χ0n) is 26.6. The normalized spacial score (nSPS) is 23.8. The van der Waals surface area contributed by atoms with E-state index in [4.69, 9.17) is 14.2 Å². The van der Waals surface area contributed by atoms with Crippen LogP contribution in [0.25, 0.3) is 0 Å². The maximum atomic E-state index is 13.1. The molecule has 3 N–H and O–H groups in total. The smallest absolute Gasteiger partial charge is 0.323 e. The van der Waals surface area contributed by atoms with Crippen LogP contribution >= 0.6 is 0 Å². The molecule has 5 rings (SSSR count). The third-order valence-electron chi connectivity index (χ3n) is 8.29. The molecule has 9 heteroatoms. The van der Waals surface area contributed by atoms with Crippen LogP contribution in [0.1, 0.15) is 75.2 Å². The van der Waals surface area contributed by atoms with Crippen molar-refractivity contribution in [3.05, 3.63) is 101 Å². The van der Waals surface area contributed by atoms with Gasteiger partial charge in [0.1, 0.15) is 11.6 Å². The van der Waals surface area contributed by atoms with Crippen molar-refractivity contribution in [3.8, 4) is 0 Å². The fraction of sp³-hybridized carbons (Fsp3) is 0.444. The molecule has 0 aliphatic carbocycles. The highest BCUT2D eigenvalue weighted by Gasteiger charge is 2.42. The molecule has 2 saturated heterocycles. The average molecular weight is 616 g/mol. The van der Waals surface area contributed by atoms with Gasteiger partial charge in [-0.05, 0) is 69.0 Å². The first kappa shape index (κ1) is 32.6. The molecule has 0 bridgehead atoms. The summed E-state index contributed by atoms with van der Waals surface area (Å²) >= 11 is 0. The number of nitrogens with zero attached hydrogens (tertiary/aromatic N) is 1. The molecule has 2 fully saturated rings. The second-order valence-corrected chi connectivity index (χ2v) is 12.9. The predicted octanol–water partition coefficient (Wildman–Crippen LogP) is 6.10. The maximum absolute atomic E-state index is 13.1. The Morgan fingerprint density at radius 2 is 1.71 bits per heavy atom. The van der Waals surface area contributed by atoms with Gasteiger partial charge in [-0.15, -0.1) is 0 Å². The molecule has 2 aliphatic heterocycles. The summed E-state index contributed by atoms with van der Waals surface area (Å²) in [6.45, 7) is 9.50. The SMILES string of the molecule is CC1C(CN2CCCC2C(=O)OC(C)(C)C)OC(c2cccc(NC(=O)NCc3ccccc3)c2)OC1c1ccc(CO)cc1. The third-order valence-corrected chi connectivity index (χ3v) is 8.29. The number of aliphatic hydroxyl groups is 1. The number of hydrogen-bond acceptors (Lipinski definition) is 7. The van der Waals surface area contributed by atoms with E-state index in [1.54, 1.807) is 0 Å². The molecule has 9 nitrogen and oxygen atoms in total. The molecule has 240 valence electrons. The number of carbonyl (C=O) groups excluding carboxylic acids is 2. The third kappa shape index (κ3) is 8.70. The van der Waals surface area contributed by atoms with Crippen LogP contribution < -0.4 is 10.6 Å². The number of rotatable bonds is 9. The molecule has 2 amide bonds. The number of urea groups is 1. The van der Waals surface area contributed by atoms with Crippen LogP contribution in [0.2, 0.25) is 0 Å². The monoisotopic (exact) mass is 615 g/mol. The molecule has 2 aliphatic rings. The lowest BCUT2D eigenvalue weighted by Gasteiger charge is -2.43. The highest BCUT2D eigenvalue weighted by molar-refractivity contribution is 5.89. The molecule has 2 heterocycles. The van der Waals surface area contributed by atoms with Gasteiger partial charge < -0.3 is 30.0 Å². The zero-order chi connectivity index (χ0) is 32.0. The molecular weight excluding hydrogens is 570 g/mol. The van der Waals surface area contributed by atoms with Crippen LogP contribution in [0.4, 0.5) is 10.5 Å². The highest BCUT2D eigenvalue weighted by atomic mass is 16.7. The standard InChI is InChI=1S/C36H45N3O6/c1-24-31(22-39-19-9-14-30(39)33(41)45-36(2,3)4)43-34(44-32(24)27-17-15-26(23-40)16-18-27)28-12-8-13-29(20-28)38-35(42)37-21-25-10-6-5-7-11-25/h5-8,10-13,15-18,20,24,30-32,34,40H,9,14,19,21-23H2,1-4H3,(H2,37,38,42). The van der Waals surface area contributed by atoms with Gasteiger partial charge in [-0.25, -0.2) is 4.79 Å². The van der Waals surface area contributed by atoms with Crippen molar-refractivity contribution in [2.24, 2.45) is 5.92 Å². The predicted molar refractivity (Wildman–Crippen MR) is 172 cm³/mol. The van der Waals surface area contributed by atoms with Crippen molar-refractivity contribution < 1.29 is 28.9 Å². The summed E-state index contributed by atoms with van der Waals surface area (Å²) in [4.78, 5) is 27.9. The number of aliphatic hydroxyl groups excluding tert-OH is 1. The number of amides is 2. The molecular formula is C36H45N3O6. The lowest BCUT2D eigenvalue weighted by molar-refractivity contribution is -0.276. The quantitative estimate of drug-likeness (QED) is 0.250. The van der Waals surface area contributed by atoms with E-state index >= 15 is 0 Å². The summed E-state index contributed by atoms with van der Waals surface area (Å²) in [6.07, 6.45) is 0.416. The van der Waals surface area contributed by atoms with Crippen molar-refractivity contribution in [3.63, 3.8) is 0 Å². The van der Waals surface area contributed by atoms with Crippen LogP contribution in [0.15, 0.2) is 78.9 Å². The fourth-order valence-corrected chi connectivity index (χ4v) is 5.96. The van der Waals surface area contributed by atoms with Crippen molar-refractivity contribution >= 4 is 17.7 Å². The first-order valence-corrected chi connectivity index (χ1v) is 15.8. The van der Waals surface area contributed by atoms with Crippen molar-refractivity contribution in [2.45, 2.75) is 83.8 Å². The lowest BCUT2D eigenvalue weighted by atomic mass is 9.90. The number of carbonyl (C=O) groups is 2. The van der Waals surface area contributed by atoms with Crippen molar-refractivity contribution in [1.29, 1.82) is 0 Å². The van der Waals surface area contributed by atoms with E-state index in [0.29, 0.717) is 18.8 Å². The number of nitrogens with one attached hydrogen (secondary N) is 2. The Hall–Kier alpha value is -3.76. The van der Waals surface area contributed by atoms with E-state index in [2.05, 4.69) is 22.5 Å². The molecule has 5 unspecified atom stereocenters. The Bertz CT molecular complexity index is 1420. The Labute approximate surface area is 265 Å². The summed E-state index contributed by atoms with van der Waals surface area (Å²) in [5.41, 5.74) is 3.66. The number of likely N-dealkylation sites (tertiary alicyclic amines) is 1. The molecule has 3 aromatic carbocycles. The Morgan fingerprint density at radius 3 is 2.42 bits per heavy atom. The van der Waals surface area contributed by atoms with Gasteiger partial charge in [0.2, 0.25) is 0 Å². The number of anilines is 1. The number of hydrogen-bond donors (Lipinski definition) is 3. The van der Waals surface area contributed by atoms with E-state index in [1.807, 2.05) is 99.6 Å². The number of esters is 1. The van der Waals surface area contributed by atoms with Crippen LogP contribution in [0, 0.1) is 5.92 Å². The minimum Gasteiger partial charge on any atom is -0.459 e. The van der Waals surface area contributed by atoms with Crippen LogP contribution in [0.5, 0.6) is 0 Å². The fourth-order valence-electron chi connectivity index (χ4n) is 5.96. The van der Waals surface area contributed by atoms with E-state index in [0.717, 1.165) is 41.6 Å². The van der Waals surface area contributed by atoms with Gasteiger partial charge >= 0.3 is 12.0 Å². The lowest BCUT2D eigenvalue weighted by Crippen LogP contribution is -2.48. The molecule has 0 radical (unpaired) electrons. The van der Waals surface area contributed by atoms with Gasteiger partial charge in [0.25, 0.3) is 0 Å². The minimum atomic E-state index is -0.703. The second-order valence-electron chi connectivity index (χ2n) is 12.9. The molecule has 3 aromatic rings. The van der Waals surface area contributed by atoms with Gasteiger partial charge in [-0.3, -0.25) is 9.69 Å². The van der Waals surface area contributed by atoms with E-state index in [9.17, 15) is 14.7 Å². The van der Waals surface area contributed by atoms with E-state index in [1.165, 1.54) is 0 Å². The topological polar surface area (TPSA) is 109 Å². The molecule has 45 heavy (non-hydrogen) atoms. The average Bonchev–Trinajstić information content (AvgIpc) is 3.49. The second kappa shape index (κ2) is 14.6. The number of benzene rings is 3. The van der Waals surface area contributed by atoms with Crippen LogP contribution in [0.3, 0.4) is 0 Å². The largest absolute Gasteiger partial charge is 0.459 e. The van der Waals surface area contributed by atoms with Gasteiger partial charge in [-0.1, -0.05) is 73.7 Å². The summed E-state index contributed by atoms with van der Waals surface area (Å²) in [5.74, 6) is -0.233. The highest BCUT2D eigenvalue weighted by Crippen LogP contribution is 2.42. The Balaban J connectivity index is 1.34. The molecule has 5 atom stereocenters.